The van der Waals surface area contributed by atoms with Gasteiger partial charge in [0.2, 0.25) is 5.96 Å². The summed E-state index contributed by atoms with van der Waals surface area (Å²) >= 11 is 0. The van der Waals surface area contributed by atoms with Gasteiger partial charge in [-0.2, -0.15) is 4.99 Å². The van der Waals surface area contributed by atoms with Gasteiger partial charge in [-0.15, -0.1) is 0 Å². The van der Waals surface area contributed by atoms with E-state index >= 15 is 0 Å². The Hall–Kier alpha value is -3.13. The summed E-state index contributed by atoms with van der Waals surface area (Å²) in [5.41, 5.74) is 5.21. The number of hydrogen-bond acceptors (Lipinski definition) is 5. The van der Waals surface area contributed by atoms with Crippen LogP contribution in [0, 0.1) is 0 Å². The van der Waals surface area contributed by atoms with Crippen LogP contribution in [0.4, 0.5) is 5.69 Å². The van der Waals surface area contributed by atoms with Crippen LogP contribution < -0.4 is 11.1 Å². The number of anilines is 1. The molecule has 134 valence electrons. The van der Waals surface area contributed by atoms with E-state index in [1.54, 1.807) is 36.6 Å². The van der Waals surface area contributed by atoms with Crippen molar-refractivity contribution < 1.29 is 14.3 Å². The van der Waals surface area contributed by atoms with Gasteiger partial charge in [-0.3, -0.25) is 0 Å². The van der Waals surface area contributed by atoms with Crippen LogP contribution in [0.2, 0.25) is 0 Å². The van der Waals surface area contributed by atoms with Crippen molar-refractivity contribution in [1.82, 2.24) is 0 Å². The molecule has 2 aromatic rings. The van der Waals surface area contributed by atoms with Crippen LogP contribution in [0.15, 0.2) is 62.1 Å². The van der Waals surface area contributed by atoms with E-state index in [1.165, 1.54) is 7.05 Å². The first kappa shape index (κ1) is 19.9. The largest absolute Gasteiger partial charge is 0.508 e. The summed E-state index contributed by atoms with van der Waals surface area (Å²) in [4.78, 5) is 12.3. The average Bonchev–Trinajstić information content (AvgIpc) is 3.16. The Morgan fingerprint density at radius 3 is 2.56 bits per heavy atom. The summed E-state index contributed by atoms with van der Waals surface area (Å²) in [7, 11) is 1.50. The molecule has 1 aromatic carbocycles. The minimum absolute atomic E-state index is 0.122. The predicted molar refractivity (Wildman–Crippen MR) is 100 cm³/mol. The molecule has 25 heavy (non-hydrogen) atoms. The third kappa shape index (κ3) is 7.32. The molecule has 8 heteroatoms. The molecule has 4 N–H and O–H groups in total. The Kier molecular flexibility index (Phi) is 9.09. The van der Waals surface area contributed by atoms with Crippen molar-refractivity contribution in [3.05, 3.63) is 48.4 Å². The average molecular weight is 345 g/mol. The van der Waals surface area contributed by atoms with Crippen LogP contribution in [0.1, 0.15) is 12.7 Å². The quantitative estimate of drug-likeness (QED) is 0.447. The Balaban J connectivity index is 0.00000151. The minimum atomic E-state index is 0.122. The summed E-state index contributed by atoms with van der Waals surface area (Å²) in [6, 6.07) is 10.3. The predicted octanol–water partition coefficient (Wildman–Crippen LogP) is 2.62. The van der Waals surface area contributed by atoms with Crippen LogP contribution in [0.5, 0.6) is 5.75 Å². The molecule has 0 amide bonds. The molecule has 1 heterocycles. The van der Waals surface area contributed by atoms with Gasteiger partial charge in [-0.05, 0) is 57.1 Å². The smallest absolute Gasteiger partial charge is 0.319 e. The highest BCUT2D eigenvalue weighted by Gasteiger charge is 2.04. The van der Waals surface area contributed by atoms with Crippen molar-refractivity contribution in [3.8, 4) is 5.75 Å². The lowest BCUT2D eigenvalue weighted by Crippen LogP contribution is -2.14. The first-order valence-corrected chi connectivity index (χ1v) is 7.60. The Morgan fingerprint density at radius 1 is 1.28 bits per heavy atom. The van der Waals surface area contributed by atoms with Gasteiger partial charge < -0.3 is 25.3 Å². The lowest BCUT2D eigenvalue weighted by atomic mass is 10.3. The normalized spacial score (nSPS) is 11.3. The van der Waals surface area contributed by atoms with Crippen molar-refractivity contribution in [2.75, 3.05) is 19.0 Å². The summed E-state index contributed by atoms with van der Waals surface area (Å²) in [6.07, 6.45) is 1.58. The number of phenols is 1. The number of amidine groups is 1. The first-order valence-electron chi connectivity index (χ1n) is 7.60. The lowest BCUT2D eigenvalue weighted by molar-refractivity contribution is 0.323. The molecule has 0 atom stereocenters. The van der Waals surface area contributed by atoms with E-state index in [0.29, 0.717) is 30.6 Å². The lowest BCUT2D eigenvalue weighted by Gasteiger charge is -2.07. The number of ether oxygens (including phenoxy) is 1. The molecule has 0 spiro atoms. The van der Waals surface area contributed by atoms with Crippen molar-refractivity contribution in [2.45, 2.75) is 13.5 Å². The molecule has 8 nitrogen and oxygen atoms in total. The molecular formula is C17H23N5O3. The van der Waals surface area contributed by atoms with Crippen LogP contribution in [0.3, 0.4) is 0 Å². The van der Waals surface area contributed by atoms with Crippen molar-refractivity contribution in [1.29, 1.82) is 0 Å². The van der Waals surface area contributed by atoms with Crippen LogP contribution in [-0.2, 0) is 11.3 Å². The summed E-state index contributed by atoms with van der Waals surface area (Å²) in [5.74, 6) is 1.17. The number of rotatable bonds is 4. The fourth-order valence-electron chi connectivity index (χ4n) is 1.67. The zero-order chi connectivity index (χ0) is 18.5. The fourth-order valence-corrected chi connectivity index (χ4v) is 1.67. The molecule has 2 rings (SSSR count). The summed E-state index contributed by atoms with van der Waals surface area (Å²) < 4.78 is 10.5. The monoisotopic (exact) mass is 345 g/mol. The second-order valence-electron chi connectivity index (χ2n) is 4.38. The number of nitrogens with two attached hydrogens (primary N) is 1. The molecule has 0 radical (unpaired) electrons. The van der Waals surface area contributed by atoms with Gasteiger partial charge in [0.05, 0.1) is 12.9 Å². The number of aromatic hydroxyl groups is 1. The third-order valence-electron chi connectivity index (χ3n) is 2.70. The highest BCUT2D eigenvalue weighted by Crippen LogP contribution is 2.14. The number of nitrogens with zero attached hydrogens (tertiary/aromatic N) is 3. The van der Waals surface area contributed by atoms with E-state index in [-0.39, 0.29) is 11.8 Å². The molecule has 0 aliphatic rings. The zero-order valence-electron chi connectivity index (χ0n) is 14.3. The SMILES string of the molecule is C=N/C(=N\C(=NCc1ccco1)Nc1ccc(O)cc1)OCC.CN. The van der Waals surface area contributed by atoms with Crippen molar-refractivity contribution >= 4 is 24.4 Å². The second-order valence-corrected chi connectivity index (χ2v) is 4.38. The Morgan fingerprint density at radius 2 is 2.00 bits per heavy atom. The summed E-state index contributed by atoms with van der Waals surface area (Å²) in [5, 5.41) is 12.4. The van der Waals surface area contributed by atoms with Gasteiger partial charge in [-0.25, -0.2) is 9.98 Å². The van der Waals surface area contributed by atoms with E-state index in [9.17, 15) is 5.11 Å². The molecule has 0 saturated heterocycles. The first-order chi connectivity index (χ1) is 12.2. The van der Waals surface area contributed by atoms with Gasteiger partial charge >= 0.3 is 6.02 Å². The van der Waals surface area contributed by atoms with Gasteiger partial charge in [0.25, 0.3) is 0 Å². The van der Waals surface area contributed by atoms with Gasteiger partial charge in [0.15, 0.2) is 0 Å². The molecule has 1 aromatic heterocycles. The molecule has 0 saturated carbocycles. The van der Waals surface area contributed by atoms with E-state index < -0.39 is 0 Å². The maximum absolute atomic E-state index is 9.33. The maximum atomic E-state index is 9.33. The van der Waals surface area contributed by atoms with Gasteiger partial charge in [-0.1, -0.05) is 0 Å². The highest BCUT2D eigenvalue weighted by atomic mass is 16.5. The van der Waals surface area contributed by atoms with E-state index in [1.807, 2.05) is 13.0 Å². The number of benzene rings is 1. The number of furan rings is 1. The van der Waals surface area contributed by atoms with Crippen LogP contribution in [-0.4, -0.2) is 37.5 Å². The fraction of sp³-hybridized carbons (Fsp3) is 0.235. The van der Waals surface area contributed by atoms with Crippen LogP contribution >= 0.6 is 0 Å². The molecule has 0 fully saturated rings. The second kappa shape index (κ2) is 11.4. The minimum Gasteiger partial charge on any atom is -0.508 e. The van der Waals surface area contributed by atoms with Crippen molar-refractivity contribution in [2.24, 2.45) is 20.7 Å². The van der Waals surface area contributed by atoms with Gasteiger partial charge in [0, 0.05) is 5.69 Å². The van der Waals surface area contributed by atoms with E-state index in [2.05, 4.69) is 32.7 Å². The number of phenolic OH excluding ortho intramolecular Hbond substituents is 1. The molecule has 0 bridgehead atoms. The third-order valence-corrected chi connectivity index (χ3v) is 2.70. The number of hydrogen-bond donors (Lipinski definition) is 3. The number of aliphatic imine (C=N–C) groups is 3. The van der Waals surface area contributed by atoms with Crippen LogP contribution in [0.25, 0.3) is 0 Å². The van der Waals surface area contributed by atoms with Crippen molar-refractivity contribution in [3.63, 3.8) is 0 Å². The standard InChI is InChI=1S/C16H18N4O3.CH5N/c1-3-22-16(17-2)20-15(18-11-14-5-4-10-23-14)19-12-6-8-13(21)9-7-12;1-2/h4-10,21H,2-3,11H2,1H3,(H,18,19);2H2,1H3/b20-16+;. The molecule has 0 unspecified atom stereocenters. The Bertz CT molecular complexity index is 679. The Labute approximate surface area is 146 Å². The number of nitrogens with one attached hydrogen (secondary N) is 1. The van der Waals surface area contributed by atoms with Gasteiger partial charge in [0.1, 0.15) is 18.1 Å². The molecule has 0 aliphatic heterocycles. The number of guanidine groups is 1. The molecular weight excluding hydrogens is 322 g/mol. The summed E-state index contributed by atoms with van der Waals surface area (Å²) in [6.45, 7) is 5.98. The van der Waals surface area contributed by atoms with E-state index in [0.717, 1.165) is 0 Å². The zero-order valence-corrected chi connectivity index (χ0v) is 14.3. The van der Waals surface area contributed by atoms with E-state index in [4.69, 9.17) is 9.15 Å². The topological polar surface area (TPSA) is 118 Å². The molecule has 0 aliphatic carbocycles. The highest BCUT2D eigenvalue weighted by molar-refractivity contribution is 6.01. The maximum Gasteiger partial charge on any atom is 0.319 e.